The van der Waals surface area contributed by atoms with Crippen LogP contribution in [0.2, 0.25) is 0 Å². The quantitative estimate of drug-likeness (QED) is 0.286. The van der Waals surface area contributed by atoms with E-state index in [0.717, 1.165) is 28.3 Å². The Labute approximate surface area is 265 Å². The number of benzene rings is 1. The molecule has 1 N–H and O–H groups in total. The van der Waals surface area contributed by atoms with Crippen LogP contribution in [0.1, 0.15) is 55.8 Å². The van der Waals surface area contributed by atoms with Gasteiger partial charge in [-0.3, -0.25) is 9.20 Å². The van der Waals surface area contributed by atoms with Gasteiger partial charge in [-0.1, -0.05) is 32.0 Å². The maximum absolute atomic E-state index is 14.4. The van der Waals surface area contributed by atoms with E-state index in [2.05, 4.69) is 16.1 Å². The van der Waals surface area contributed by atoms with E-state index in [1.54, 1.807) is 34.4 Å². The van der Waals surface area contributed by atoms with E-state index >= 15 is 0 Å². The number of halogens is 3. The first-order chi connectivity index (χ1) is 21.6. The second-order valence-corrected chi connectivity index (χ2v) is 12.6. The summed E-state index contributed by atoms with van der Waals surface area (Å²) in [5, 5.41) is 18.4. The highest BCUT2D eigenvalue weighted by molar-refractivity contribution is 5.83. The molecule has 0 fully saturated rings. The number of fused-ring (bicyclic) bond motifs is 2. The van der Waals surface area contributed by atoms with Gasteiger partial charge in [0.15, 0.2) is 17.4 Å². The fraction of sp³-hybridized carbons (Fsp3) is 0.412. The van der Waals surface area contributed by atoms with Crippen molar-refractivity contribution in [2.24, 2.45) is 5.92 Å². The predicted molar refractivity (Wildman–Crippen MR) is 167 cm³/mol. The number of alkyl halides is 3. The molecule has 12 heteroatoms. The molecule has 2 aliphatic heterocycles. The van der Waals surface area contributed by atoms with Crippen molar-refractivity contribution >= 4 is 23.4 Å². The molecule has 0 radical (unpaired) electrons. The first kappa shape index (κ1) is 32.8. The molecule has 4 heterocycles. The minimum Gasteiger partial charge on any atom is -0.481 e. The zero-order chi connectivity index (χ0) is 33.5. The fourth-order valence-corrected chi connectivity index (χ4v) is 6.24. The van der Waals surface area contributed by atoms with Crippen molar-refractivity contribution < 1.29 is 32.4 Å². The van der Waals surface area contributed by atoms with Crippen LogP contribution in [0.15, 0.2) is 65.9 Å². The first-order valence-corrected chi connectivity index (χ1v) is 15.2. The number of hydrogen-bond donors (Lipinski definition) is 1. The molecule has 1 amide bonds. The number of carboxylic acids is 1. The maximum atomic E-state index is 14.4. The molecule has 2 unspecified atom stereocenters. The second-order valence-electron chi connectivity index (χ2n) is 12.6. The fourth-order valence-electron chi connectivity index (χ4n) is 6.24. The molecule has 0 aliphatic carbocycles. The first-order valence-electron chi connectivity index (χ1n) is 15.2. The van der Waals surface area contributed by atoms with Gasteiger partial charge in [0.2, 0.25) is 11.9 Å². The monoisotopic (exact) mass is 635 g/mol. The van der Waals surface area contributed by atoms with Crippen molar-refractivity contribution in [1.29, 1.82) is 0 Å². The summed E-state index contributed by atoms with van der Waals surface area (Å²) >= 11 is 0. The number of aliphatic carboxylic acids is 1. The van der Waals surface area contributed by atoms with Gasteiger partial charge >= 0.3 is 18.1 Å². The zero-order valence-electron chi connectivity index (χ0n) is 26.8. The molecule has 242 valence electrons. The molecule has 0 saturated heterocycles. The summed E-state index contributed by atoms with van der Waals surface area (Å²) < 4.78 is 46.1. The standard InChI is InChI=1S/C34H37F3N6O3/c1-20(2)12-29-33(46)43(18-25-14-27(34(35,36)37)23(17-42(25)29)10-11-40(5)6)28(15-30(44)45)26-13-24(16-41-19-38-39-32(26)41)31-21(3)8-7-9-22(31)4/h7-9,13-14,16-17,19-20,28-29H,10-12,15H2,1-6H3/p+1. The van der Waals surface area contributed by atoms with Gasteiger partial charge < -0.3 is 14.9 Å². The van der Waals surface area contributed by atoms with E-state index in [-0.39, 0.29) is 23.6 Å². The Kier molecular flexibility index (Phi) is 9.06. The highest BCUT2D eigenvalue weighted by Gasteiger charge is 2.47. The van der Waals surface area contributed by atoms with Crippen molar-refractivity contribution in [3.05, 3.63) is 82.6 Å². The van der Waals surface area contributed by atoms with Gasteiger partial charge in [-0.05, 0) is 86.7 Å². The highest BCUT2D eigenvalue weighted by atomic mass is 19.4. The van der Waals surface area contributed by atoms with Gasteiger partial charge in [0.25, 0.3) is 0 Å². The van der Waals surface area contributed by atoms with Crippen LogP contribution in [0, 0.1) is 19.8 Å². The van der Waals surface area contributed by atoms with Crippen LogP contribution in [-0.2, 0) is 9.59 Å². The Hall–Kier alpha value is -4.54. The number of rotatable bonds is 10. The molecular formula is C34H38F3N6O3+. The average molecular weight is 636 g/mol. The SMILES string of the molecule is Cc1cccc(C)c1-c1cc(C(CC(=O)O)[N+]2=C=C3C=C(C(F)(F)F)C(CCN(C)C)=CN3C(CC(C)C)C2=O)c2nncn2c1. The lowest BCUT2D eigenvalue weighted by Crippen LogP contribution is -2.49. The second kappa shape index (κ2) is 12.7. The minimum absolute atomic E-state index is 0.00949. The Morgan fingerprint density at radius 2 is 1.89 bits per heavy atom. The molecule has 3 aromatic rings. The summed E-state index contributed by atoms with van der Waals surface area (Å²) in [6, 6.07) is 5.68. The van der Waals surface area contributed by atoms with E-state index in [4.69, 9.17) is 0 Å². The van der Waals surface area contributed by atoms with Crippen molar-refractivity contribution in [2.45, 2.75) is 65.2 Å². The molecule has 0 bridgehead atoms. The number of carbonyl (C=O) groups excluding carboxylic acids is 1. The number of nitrogens with zero attached hydrogens (tertiary/aromatic N) is 6. The topological polar surface area (TPSA) is 94.0 Å². The number of aryl methyl sites for hydroxylation is 2. The van der Waals surface area contributed by atoms with E-state index < -0.39 is 42.1 Å². The lowest BCUT2D eigenvalue weighted by atomic mass is 9.92. The average Bonchev–Trinajstić information content (AvgIpc) is 3.43. The normalized spacial score (nSPS) is 17.6. The van der Waals surface area contributed by atoms with E-state index in [1.165, 1.54) is 17.1 Å². The summed E-state index contributed by atoms with van der Waals surface area (Å²) in [6.07, 6.45) is 1.07. The summed E-state index contributed by atoms with van der Waals surface area (Å²) in [4.78, 5) is 30.1. The number of amides is 1. The number of pyridine rings is 1. The number of carbonyl (C=O) groups is 2. The zero-order valence-corrected chi connectivity index (χ0v) is 26.8. The Balaban J connectivity index is 1.77. The largest absolute Gasteiger partial charge is 0.481 e. The van der Waals surface area contributed by atoms with Crippen LogP contribution >= 0.6 is 0 Å². The lowest BCUT2D eigenvalue weighted by Gasteiger charge is -2.35. The smallest absolute Gasteiger partial charge is 0.419 e. The molecular weight excluding hydrogens is 597 g/mol. The van der Waals surface area contributed by atoms with Crippen molar-refractivity contribution in [1.82, 2.24) is 24.4 Å². The third-order valence-corrected chi connectivity index (χ3v) is 8.35. The molecule has 2 aliphatic rings. The highest BCUT2D eigenvalue weighted by Crippen LogP contribution is 2.40. The van der Waals surface area contributed by atoms with Gasteiger partial charge in [0.1, 0.15) is 12.7 Å². The molecule has 0 spiro atoms. The van der Waals surface area contributed by atoms with E-state index in [1.807, 2.05) is 52.1 Å². The van der Waals surface area contributed by atoms with Crippen LogP contribution in [0.3, 0.4) is 0 Å². The van der Waals surface area contributed by atoms with Gasteiger partial charge in [-0.2, -0.15) is 13.2 Å². The number of allylic oxidation sites excluding steroid dienone is 2. The lowest BCUT2D eigenvalue weighted by molar-refractivity contribution is -0.493. The van der Waals surface area contributed by atoms with Crippen molar-refractivity contribution in [3.8, 4) is 11.1 Å². The molecule has 5 rings (SSSR count). The summed E-state index contributed by atoms with van der Waals surface area (Å²) in [6.45, 7) is 8.19. The summed E-state index contributed by atoms with van der Waals surface area (Å²) in [5.74, 6) is 1.28. The Morgan fingerprint density at radius 3 is 2.50 bits per heavy atom. The van der Waals surface area contributed by atoms with Crippen LogP contribution in [0.4, 0.5) is 13.2 Å². The van der Waals surface area contributed by atoms with Gasteiger partial charge in [-0.15, -0.1) is 14.8 Å². The van der Waals surface area contributed by atoms with E-state index in [9.17, 15) is 27.9 Å². The Morgan fingerprint density at radius 1 is 1.20 bits per heavy atom. The van der Waals surface area contributed by atoms with E-state index in [0.29, 0.717) is 24.2 Å². The van der Waals surface area contributed by atoms with Gasteiger partial charge in [0.05, 0.1) is 11.1 Å². The van der Waals surface area contributed by atoms with Crippen LogP contribution in [0.25, 0.3) is 16.8 Å². The van der Waals surface area contributed by atoms with Crippen molar-refractivity contribution in [3.63, 3.8) is 0 Å². The molecule has 0 saturated carbocycles. The number of hydrogen-bond acceptors (Lipinski definition) is 6. The molecule has 2 aromatic heterocycles. The summed E-state index contributed by atoms with van der Waals surface area (Å²) in [7, 11) is 3.57. The third kappa shape index (κ3) is 6.54. The molecule has 46 heavy (non-hydrogen) atoms. The minimum atomic E-state index is -4.65. The number of carboxylic acid groups (broad SMARTS) is 1. The van der Waals surface area contributed by atoms with Crippen LogP contribution in [0.5, 0.6) is 0 Å². The van der Waals surface area contributed by atoms with Crippen LogP contribution < -0.4 is 0 Å². The molecule has 2 atom stereocenters. The number of aromatic nitrogens is 3. The molecule has 1 aromatic carbocycles. The van der Waals surface area contributed by atoms with Crippen LogP contribution in [-0.4, -0.2) is 84.7 Å². The summed E-state index contributed by atoms with van der Waals surface area (Å²) in [5.41, 5.74) is 3.74. The van der Waals surface area contributed by atoms with Crippen molar-refractivity contribution in [2.75, 3.05) is 20.6 Å². The van der Waals surface area contributed by atoms with Gasteiger partial charge in [-0.25, -0.2) is 4.79 Å². The molecule has 9 nitrogen and oxygen atoms in total. The predicted octanol–water partition coefficient (Wildman–Crippen LogP) is 5.69. The third-order valence-electron chi connectivity index (χ3n) is 8.35. The van der Waals surface area contributed by atoms with Gasteiger partial charge in [0, 0.05) is 18.9 Å². The Bertz CT molecular complexity index is 1810. The maximum Gasteiger partial charge on any atom is 0.419 e.